The van der Waals surface area contributed by atoms with Gasteiger partial charge in [-0.05, 0) is 117 Å². The Morgan fingerprint density at radius 2 is 1.47 bits per heavy atom. The highest BCUT2D eigenvalue weighted by Crippen LogP contribution is 2.38. The summed E-state index contributed by atoms with van der Waals surface area (Å²) >= 11 is 0. The third kappa shape index (κ3) is 7.15. The van der Waals surface area contributed by atoms with E-state index in [-0.39, 0.29) is 23.1 Å². The molecule has 1 saturated carbocycles. The average Bonchev–Trinajstić information content (AvgIpc) is 2.90. The summed E-state index contributed by atoms with van der Waals surface area (Å²) in [5, 5.41) is 0. The van der Waals surface area contributed by atoms with Crippen molar-refractivity contribution in [1.29, 1.82) is 0 Å². The topological polar surface area (TPSA) is 0 Å². The summed E-state index contributed by atoms with van der Waals surface area (Å²) in [6, 6.07) is 23.1. The number of halogens is 2. The van der Waals surface area contributed by atoms with E-state index in [9.17, 15) is 8.78 Å². The number of allylic oxidation sites excluding steroid dienone is 2. The van der Waals surface area contributed by atoms with E-state index in [1.54, 1.807) is 12.1 Å². The van der Waals surface area contributed by atoms with Crippen molar-refractivity contribution < 1.29 is 8.78 Å². The Bertz CT molecular complexity index is 1080. The summed E-state index contributed by atoms with van der Waals surface area (Å²) in [7, 11) is 0. The van der Waals surface area contributed by atoms with Crippen molar-refractivity contribution in [2.75, 3.05) is 0 Å². The third-order valence-corrected chi connectivity index (χ3v) is 8.05. The summed E-state index contributed by atoms with van der Waals surface area (Å²) in [4.78, 5) is 0. The number of hydrogen-bond acceptors (Lipinski definition) is 0. The largest absolute Gasteiger partial charge is 0.207 e. The van der Waals surface area contributed by atoms with Crippen LogP contribution in [0.2, 0.25) is 0 Å². The summed E-state index contributed by atoms with van der Waals surface area (Å²) in [5.41, 5.74) is 5.27. The third-order valence-electron chi connectivity index (χ3n) is 8.05. The van der Waals surface area contributed by atoms with Crippen molar-refractivity contribution >= 4 is 0 Å². The molecule has 0 aliphatic heterocycles. The van der Waals surface area contributed by atoms with Crippen LogP contribution in [0.4, 0.5) is 8.78 Å². The van der Waals surface area contributed by atoms with E-state index in [0.29, 0.717) is 24.7 Å². The molecule has 0 bridgehead atoms. The summed E-state index contributed by atoms with van der Waals surface area (Å²) in [6.45, 7) is 4.22. The van der Waals surface area contributed by atoms with Gasteiger partial charge in [0.25, 0.3) is 0 Å². The molecule has 1 atom stereocenters. The molecule has 36 heavy (non-hydrogen) atoms. The van der Waals surface area contributed by atoms with E-state index >= 15 is 0 Å². The lowest BCUT2D eigenvalue weighted by Gasteiger charge is -2.29. The van der Waals surface area contributed by atoms with Crippen LogP contribution in [-0.2, 0) is 19.3 Å². The van der Waals surface area contributed by atoms with Gasteiger partial charge in [0, 0.05) is 5.56 Å². The van der Waals surface area contributed by atoms with E-state index in [4.69, 9.17) is 0 Å². The van der Waals surface area contributed by atoms with Crippen LogP contribution >= 0.6 is 0 Å². The van der Waals surface area contributed by atoms with Crippen LogP contribution in [-0.4, -0.2) is 0 Å². The van der Waals surface area contributed by atoms with Gasteiger partial charge in [-0.15, -0.1) is 0 Å². The molecule has 0 nitrogen and oxygen atoms in total. The molecule has 1 aliphatic carbocycles. The first-order valence-corrected chi connectivity index (χ1v) is 13.7. The maximum Gasteiger partial charge on any atom is 0.129 e. The zero-order chi connectivity index (χ0) is 25.3. The Hall–Kier alpha value is -2.74. The van der Waals surface area contributed by atoms with E-state index in [1.807, 2.05) is 19.1 Å². The molecule has 0 N–H and O–H groups in total. The number of hydrogen-bond donors (Lipinski definition) is 0. The molecule has 0 saturated heterocycles. The molecule has 0 heterocycles. The van der Waals surface area contributed by atoms with Crippen molar-refractivity contribution in [1.82, 2.24) is 0 Å². The first-order valence-electron chi connectivity index (χ1n) is 13.7. The summed E-state index contributed by atoms with van der Waals surface area (Å²) < 4.78 is 29.2. The van der Waals surface area contributed by atoms with Crippen LogP contribution in [0.15, 0.2) is 78.9 Å². The maximum absolute atomic E-state index is 14.6. The summed E-state index contributed by atoms with van der Waals surface area (Å²) in [6.07, 6.45) is 12.7. The molecule has 3 aromatic rings. The molecule has 1 fully saturated rings. The fourth-order valence-corrected chi connectivity index (χ4v) is 5.74. The second-order valence-corrected chi connectivity index (χ2v) is 10.7. The van der Waals surface area contributed by atoms with Gasteiger partial charge in [0.15, 0.2) is 0 Å². The average molecular weight is 487 g/mol. The highest BCUT2D eigenvalue weighted by atomic mass is 19.1. The second kappa shape index (κ2) is 13.0. The minimum absolute atomic E-state index is 0.228. The van der Waals surface area contributed by atoms with Crippen molar-refractivity contribution in [3.63, 3.8) is 0 Å². The smallest absolute Gasteiger partial charge is 0.129 e. The van der Waals surface area contributed by atoms with Crippen molar-refractivity contribution in [2.45, 2.75) is 83.5 Å². The number of aryl methyl sites for hydroxylation is 1. The van der Waals surface area contributed by atoms with Gasteiger partial charge in [-0.1, -0.05) is 73.7 Å². The van der Waals surface area contributed by atoms with Gasteiger partial charge in [0.2, 0.25) is 0 Å². The lowest BCUT2D eigenvalue weighted by molar-refractivity contribution is 0.309. The van der Waals surface area contributed by atoms with Gasteiger partial charge in [-0.3, -0.25) is 0 Å². The van der Waals surface area contributed by atoms with Gasteiger partial charge in [-0.2, -0.15) is 0 Å². The fourth-order valence-electron chi connectivity index (χ4n) is 5.74. The first-order chi connectivity index (χ1) is 17.5. The predicted molar refractivity (Wildman–Crippen MR) is 148 cm³/mol. The molecule has 190 valence electrons. The van der Waals surface area contributed by atoms with Gasteiger partial charge in [0.1, 0.15) is 11.6 Å². The SMILES string of the molecule is C/C=C/CCc1c(F)cc(C2CCC(CCc3ccc(C[C@H](C)c4ccccc4)cc3)CC2)cc1F. The minimum atomic E-state index is -0.377. The maximum atomic E-state index is 14.6. The lowest BCUT2D eigenvalue weighted by atomic mass is 9.76. The van der Waals surface area contributed by atoms with Crippen molar-refractivity contribution in [2.24, 2.45) is 5.92 Å². The van der Waals surface area contributed by atoms with Crippen LogP contribution in [0.3, 0.4) is 0 Å². The van der Waals surface area contributed by atoms with Gasteiger partial charge in [-0.25, -0.2) is 8.78 Å². The van der Waals surface area contributed by atoms with Gasteiger partial charge >= 0.3 is 0 Å². The number of rotatable bonds is 10. The fraction of sp³-hybridized carbons (Fsp3) is 0.412. The van der Waals surface area contributed by atoms with Crippen LogP contribution in [0, 0.1) is 17.6 Å². The quantitative estimate of drug-likeness (QED) is 0.250. The highest BCUT2D eigenvalue weighted by Gasteiger charge is 2.24. The van der Waals surface area contributed by atoms with Crippen molar-refractivity contribution in [3.05, 3.63) is 118 Å². The van der Waals surface area contributed by atoms with Gasteiger partial charge in [0.05, 0.1) is 0 Å². The molecular weight excluding hydrogens is 446 g/mol. The van der Waals surface area contributed by atoms with E-state index in [2.05, 4.69) is 61.5 Å². The van der Waals surface area contributed by atoms with Crippen LogP contribution < -0.4 is 0 Å². The highest BCUT2D eigenvalue weighted by molar-refractivity contribution is 5.30. The molecule has 1 aliphatic rings. The Morgan fingerprint density at radius 1 is 0.833 bits per heavy atom. The zero-order valence-electron chi connectivity index (χ0n) is 21.9. The minimum Gasteiger partial charge on any atom is -0.207 e. The Labute approximate surface area is 216 Å². The Kier molecular flexibility index (Phi) is 9.50. The Morgan fingerprint density at radius 3 is 2.11 bits per heavy atom. The summed E-state index contributed by atoms with van der Waals surface area (Å²) in [5.74, 6) is 0.745. The molecule has 3 aromatic carbocycles. The van der Waals surface area contributed by atoms with E-state index in [1.165, 1.54) is 23.1 Å². The molecule has 4 rings (SSSR count). The van der Waals surface area contributed by atoms with Crippen LogP contribution in [0.5, 0.6) is 0 Å². The Balaban J connectivity index is 1.24. The van der Waals surface area contributed by atoms with Crippen LogP contribution in [0.1, 0.15) is 92.0 Å². The second-order valence-electron chi connectivity index (χ2n) is 10.7. The molecular formula is C34H40F2. The van der Waals surface area contributed by atoms with E-state index in [0.717, 1.165) is 44.1 Å². The van der Waals surface area contributed by atoms with Crippen LogP contribution in [0.25, 0.3) is 0 Å². The van der Waals surface area contributed by atoms with Crippen molar-refractivity contribution in [3.8, 4) is 0 Å². The van der Waals surface area contributed by atoms with E-state index < -0.39 is 0 Å². The normalized spacial score (nSPS) is 19.0. The first kappa shape index (κ1) is 26.3. The van der Waals surface area contributed by atoms with Gasteiger partial charge < -0.3 is 0 Å². The molecule has 2 heteroatoms. The lowest BCUT2D eigenvalue weighted by Crippen LogP contribution is -2.15. The molecule has 0 radical (unpaired) electrons. The molecule has 0 unspecified atom stereocenters. The monoisotopic (exact) mass is 486 g/mol. The molecule has 0 spiro atoms. The number of benzene rings is 3. The zero-order valence-corrected chi connectivity index (χ0v) is 21.9. The standard InChI is InChI=1S/C34H40F2/c1-3-4-6-11-32-33(35)23-31(24-34(32)36)30-20-18-27(19-21-30)13-12-26-14-16-28(17-15-26)22-25(2)29-9-7-5-8-10-29/h3-5,7-10,14-17,23-25,27,30H,6,11-13,18-22H2,1-2H3/b4-3+/t25-,27?,30?/m0/s1. The predicted octanol–water partition coefficient (Wildman–Crippen LogP) is 9.73. The molecule has 0 aromatic heterocycles. The molecule has 0 amide bonds.